The first-order valence-corrected chi connectivity index (χ1v) is 14.6. The number of nitrogens with zero attached hydrogens (tertiary/aromatic N) is 2. The third-order valence-corrected chi connectivity index (χ3v) is 7.85. The van der Waals surface area contributed by atoms with Crippen LogP contribution >= 0.6 is 7.60 Å². The van der Waals surface area contributed by atoms with Gasteiger partial charge < -0.3 is 9.79 Å². The molecule has 1 aromatic heterocycles. The van der Waals surface area contributed by atoms with E-state index < -0.39 is 7.60 Å². The van der Waals surface area contributed by atoms with Gasteiger partial charge in [-0.25, -0.2) is 4.79 Å². The Morgan fingerprint density at radius 2 is 1.41 bits per heavy atom. The van der Waals surface area contributed by atoms with Crippen molar-refractivity contribution in [2.24, 2.45) is 0 Å². The quantitative estimate of drug-likeness (QED) is 0.224. The van der Waals surface area contributed by atoms with Crippen molar-refractivity contribution in [3.05, 3.63) is 100 Å². The van der Waals surface area contributed by atoms with E-state index in [2.05, 4.69) is 6.92 Å². The number of rotatable bonds is 10. The predicted molar refractivity (Wildman–Crippen MR) is 150 cm³/mol. The Kier molecular flexibility index (Phi) is 8.33. The van der Waals surface area contributed by atoms with Crippen LogP contribution in [-0.4, -0.2) is 25.1 Å². The molecule has 194 valence electrons. The summed E-state index contributed by atoms with van der Waals surface area (Å²) < 4.78 is 15.5. The number of unbranched alkanes of at least 4 members (excludes halogenated alkanes) is 1. The van der Waals surface area contributed by atoms with E-state index in [4.69, 9.17) is 0 Å². The second-order valence-corrected chi connectivity index (χ2v) is 11.4. The van der Waals surface area contributed by atoms with Crippen LogP contribution in [0.4, 0.5) is 0 Å². The van der Waals surface area contributed by atoms with Crippen LogP contribution in [0.15, 0.2) is 83.7 Å². The molecular formula is C30H35N2O4P. The molecular weight excluding hydrogens is 483 g/mol. The largest absolute Gasteiger partial charge is 0.334 e. The molecule has 0 saturated carbocycles. The first kappa shape index (κ1) is 26.9. The Hall–Kier alpha value is -3.18. The molecule has 4 aromatic rings. The molecule has 3 aromatic carbocycles. The molecule has 37 heavy (non-hydrogen) atoms. The molecule has 0 aliphatic carbocycles. The van der Waals surface area contributed by atoms with E-state index in [1.807, 2.05) is 92.7 Å². The summed E-state index contributed by atoms with van der Waals surface area (Å²) in [7, 11) is -4.23. The van der Waals surface area contributed by atoms with Gasteiger partial charge in [-0.05, 0) is 43.9 Å². The van der Waals surface area contributed by atoms with Crippen LogP contribution in [0.5, 0.6) is 0 Å². The van der Waals surface area contributed by atoms with Crippen molar-refractivity contribution in [2.45, 2.75) is 52.5 Å². The standard InChI is InChI=1S/C30H35N2O4P/c1-4-5-18-26(20-21-37(34,35)36)31-28(24-14-8-6-9-15-24)29(25-16-10-7-11-17-25)32(30(31)33)27-19-12-13-22(2)23(27)3/h6-17,19,26H,4-5,18,20-21H2,1-3H3,(H2,34,35,36). The first-order valence-electron chi connectivity index (χ1n) is 12.8. The van der Waals surface area contributed by atoms with Gasteiger partial charge >= 0.3 is 13.3 Å². The third kappa shape index (κ3) is 5.88. The number of aryl methyl sites for hydroxylation is 1. The van der Waals surface area contributed by atoms with E-state index in [0.717, 1.165) is 52.2 Å². The monoisotopic (exact) mass is 518 g/mol. The van der Waals surface area contributed by atoms with Gasteiger partial charge in [0.2, 0.25) is 0 Å². The van der Waals surface area contributed by atoms with Crippen molar-refractivity contribution in [1.82, 2.24) is 9.13 Å². The highest BCUT2D eigenvalue weighted by molar-refractivity contribution is 7.51. The van der Waals surface area contributed by atoms with Crippen molar-refractivity contribution in [3.8, 4) is 28.2 Å². The Labute approximate surface area is 218 Å². The Balaban J connectivity index is 2.11. The van der Waals surface area contributed by atoms with E-state index in [1.54, 1.807) is 9.13 Å². The molecule has 0 bridgehead atoms. The van der Waals surface area contributed by atoms with E-state index in [0.29, 0.717) is 6.42 Å². The minimum atomic E-state index is -4.23. The fourth-order valence-electron chi connectivity index (χ4n) is 4.95. The minimum Gasteiger partial charge on any atom is -0.324 e. The van der Waals surface area contributed by atoms with Crippen LogP contribution in [-0.2, 0) is 4.57 Å². The van der Waals surface area contributed by atoms with Crippen LogP contribution in [0.3, 0.4) is 0 Å². The van der Waals surface area contributed by atoms with Gasteiger partial charge in [-0.15, -0.1) is 0 Å². The minimum absolute atomic E-state index is 0.196. The average Bonchev–Trinajstić information content (AvgIpc) is 3.19. The fraction of sp³-hybridized carbons (Fsp3) is 0.300. The third-order valence-electron chi connectivity index (χ3n) is 7.01. The van der Waals surface area contributed by atoms with Crippen molar-refractivity contribution >= 4 is 7.60 Å². The van der Waals surface area contributed by atoms with Crippen molar-refractivity contribution in [2.75, 3.05) is 6.16 Å². The topological polar surface area (TPSA) is 84.5 Å². The summed E-state index contributed by atoms with van der Waals surface area (Å²) >= 11 is 0. The highest BCUT2D eigenvalue weighted by Gasteiger charge is 2.29. The maximum absolute atomic E-state index is 14.5. The summed E-state index contributed by atoms with van der Waals surface area (Å²) in [6.45, 7) is 6.14. The Morgan fingerprint density at radius 3 is 1.97 bits per heavy atom. The lowest BCUT2D eigenvalue weighted by Gasteiger charge is -2.21. The summed E-state index contributed by atoms with van der Waals surface area (Å²) in [4.78, 5) is 33.9. The normalized spacial score (nSPS) is 12.6. The second kappa shape index (κ2) is 11.5. The van der Waals surface area contributed by atoms with Crippen LogP contribution in [0.2, 0.25) is 0 Å². The lowest BCUT2D eigenvalue weighted by atomic mass is 10.0. The predicted octanol–water partition coefficient (Wildman–Crippen LogP) is 6.89. The molecule has 6 nitrogen and oxygen atoms in total. The van der Waals surface area contributed by atoms with Crippen molar-refractivity contribution < 1.29 is 14.4 Å². The van der Waals surface area contributed by atoms with Crippen molar-refractivity contribution in [3.63, 3.8) is 0 Å². The molecule has 1 heterocycles. The second-order valence-electron chi connectivity index (χ2n) is 9.61. The fourth-order valence-corrected chi connectivity index (χ4v) is 5.59. The Morgan fingerprint density at radius 1 is 0.811 bits per heavy atom. The molecule has 1 atom stereocenters. The first-order chi connectivity index (χ1) is 17.7. The number of aromatic nitrogens is 2. The van der Waals surface area contributed by atoms with Gasteiger partial charge in [0.15, 0.2) is 0 Å². The molecule has 0 radical (unpaired) electrons. The molecule has 4 rings (SSSR count). The van der Waals surface area contributed by atoms with E-state index >= 15 is 0 Å². The lowest BCUT2D eigenvalue weighted by Crippen LogP contribution is -2.28. The Bertz CT molecular complexity index is 1450. The van der Waals surface area contributed by atoms with Gasteiger partial charge in [-0.2, -0.15) is 0 Å². The smallest absolute Gasteiger partial charge is 0.324 e. The maximum Gasteiger partial charge on any atom is 0.334 e. The number of imidazole rings is 1. The van der Waals surface area contributed by atoms with E-state index in [9.17, 15) is 19.1 Å². The van der Waals surface area contributed by atoms with Crippen molar-refractivity contribution in [1.29, 1.82) is 0 Å². The van der Waals surface area contributed by atoms with Gasteiger partial charge in [0, 0.05) is 17.2 Å². The van der Waals surface area contributed by atoms with Crippen LogP contribution in [0, 0.1) is 13.8 Å². The summed E-state index contributed by atoms with van der Waals surface area (Å²) in [5.74, 6) is 0. The van der Waals surface area contributed by atoms with E-state index in [-0.39, 0.29) is 24.3 Å². The molecule has 0 amide bonds. The zero-order valence-electron chi connectivity index (χ0n) is 21.7. The van der Waals surface area contributed by atoms with Gasteiger partial charge in [0.25, 0.3) is 0 Å². The van der Waals surface area contributed by atoms with Crippen LogP contribution in [0.1, 0.15) is 49.8 Å². The number of hydrogen-bond donors (Lipinski definition) is 2. The molecule has 2 N–H and O–H groups in total. The highest BCUT2D eigenvalue weighted by atomic mass is 31.2. The molecule has 0 saturated heterocycles. The molecule has 7 heteroatoms. The van der Waals surface area contributed by atoms with Gasteiger partial charge in [-0.1, -0.05) is 92.6 Å². The van der Waals surface area contributed by atoms with Gasteiger partial charge in [-0.3, -0.25) is 13.7 Å². The zero-order chi connectivity index (χ0) is 26.6. The zero-order valence-corrected chi connectivity index (χ0v) is 22.6. The molecule has 0 aliphatic rings. The van der Waals surface area contributed by atoms with Crippen LogP contribution in [0.25, 0.3) is 28.2 Å². The van der Waals surface area contributed by atoms with Gasteiger partial charge in [0.1, 0.15) is 0 Å². The number of hydrogen-bond acceptors (Lipinski definition) is 2. The van der Waals surface area contributed by atoms with Gasteiger partial charge in [0.05, 0.1) is 23.2 Å². The molecule has 1 unspecified atom stereocenters. The summed E-state index contributed by atoms with van der Waals surface area (Å²) in [6.07, 6.45) is 2.38. The molecule has 0 spiro atoms. The highest BCUT2D eigenvalue weighted by Crippen LogP contribution is 2.41. The number of benzene rings is 3. The average molecular weight is 519 g/mol. The SMILES string of the molecule is CCCCC(CCP(=O)(O)O)n1c(-c2ccccc2)c(-c2ccccc2)n(-c2cccc(C)c2C)c1=O. The van der Waals surface area contributed by atoms with Crippen LogP contribution < -0.4 is 5.69 Å². The summed E-state index contributed by atoms with van der Waals surface area (Å²) in [5.41, 5.74) is 6.05. The maximum atomic E-state index is 14.5. The summed E-state index contributed by atoms with van der Waals surface area (Å²) in [6, 6.07) is 25.3. The lowest BCUT2D eigenvalue weighted by molar-refractivity contribution is 0.358. The van der Waals surface area contributed by atoms with E-state index in [1.165, 1.54) is 0 Å². The molecule has 0 fully saturated rings. The summed E-state index contributed by atoms with van der Waals surface area (Å²) in [5, 5.41) is 0. The molecule has 0 aliphatic heterocycles.